The first-order valence-corrected chi connectivity index (χ1v) is 10.6. The number of hydrogen-bond donors (Lipinski definition) is 2. The first-order valence-electron chi connectivity index (χ1n) is 8.95. The number of nitrogens with zero attached hydrogens (tertiary/aromatic N) is 3. The Morgan fingerprint density at radius 1 is 1.25 bits per heavy atom. The Morgan fingerprint density at radius 2 is 1.89 bits per heavy atom. The summed E-state index contributed by atoms with van der Waals surface area (Å²) in [6.07, 6.45) is 4.90. The number of carbonyl (C=O) groups is 1. The first-order chi connectivity index (χ1) is 13.5. The quantitative estimate of drug-likeness (QED) is 0.672. The summed E-state index contributed by atoms with van der Waals surface area (Å²) in [5, 5.41) is 2.98. The Bertz CT molecular complexity index is 806. The number of pyridine rings is 2. The fourth-order valence-electron chi connectivity index (χ4n) is 2.44. The van der Waals surface area contributed by atoms with Gasteiger partial charge in [-0.2, -0.15) is 12.6 Å². The molecule has 0 bridgehead atoms. The minimum absolute atomic E-state index is 0.0595. The van der Waals surface area contributed by atoms with Crippen LogP contribution in [0.4, 0.5) is 11.5 Å². The summed E-state index contributed by atoms with van der Waals surface area (Å²) < 4.78 is 7.51. The lowest BCUT2D eigenvalue weighted by Gasteiger charge is -2.26. The van der Waals surface area contributed by atoms with Crippen molar-refractivity contribution in [2.24, 2.45) is 7.05 Å². The summed E-state index contributed by atoms with van der Waals surface area (Å²) in [6.45, 7) is 6.30. The summed E-state index contributed by atoms with van der Waals surface area (Å²) in [5.41, 5.74) is 0.768. The van der Waals surface area contributed by atoms with Crippen LogP contribution < -0.4 is 10.9 Å². The van der Waals surface area contributed by atoms with Gasteiger partial charge in [0.05, 0.1) is 18.8 Å². The molecule has 1 aliphatic heterocycles. The van der Waals surface area contributed by atoms with Crippen molar-refractivity contribution in [2.75, 3.05) is 37.9 Å². The smallest absolute Gasteiger partial charge is 0.274 e. The molecule has 0 saturated carbocycles. The zero-order valence-corrected chi connectivity index (χ0v) is 19.1. The fraction of sp³-hybridized carbons (Fsp3) is 0.421. The van der Waals surface area contributed by atoms with Crippen molar-refractivity contribution in [1.82, 2.24) is 14.5 Å². The molecule has 154 valence electrons. The fourth-order valence-corrected chi connectivity index (χ4v) is 2.98. The van der Waals surface area contributed by atoms with Gasteiger partial charge in [0, 0.05) is 37.0 Å². The lowest BCUT2D eigenvalue weighted by Crippen LogP contribution is -2.40. The molecule has 0 aromatic carbocycles. The van der Waals surface area contributed by atoms with Crippen molar-refractivity contribution in [3.05, 3.63) is 51.0 Å². The molecule has 1 amide bonds. The van der Waals surface area contributed by atoms with Crippen molar-refractivity contribution < 1.29 is 9.53 Å². The van der Waals surface area contributed by atoms with Crippen LogP contribution >= 0.6 is 28.6 Å². The van der Waals surface area contributed by atoms with Gasteiger partial charge in [0.1, 0.15) is 11.5 Å². The maximum absolute atomic E-state index is 12.4. The van der Waals surface area contributed by atoms with E-state index in [2.05, 4.69) is 38.9 Å². The zero-order valence-electron chi connectivity index (χ0n) is 16.6. The van der Waals surface area contributed by atoms with Crippen LogP contribution in [0.3, 0.4) is 0 Å². The minimum atomic E-state index is -0.159. The highest BCUT2D eigenvalue weighted by Crippen LogP contribution is 2.16. The summed E-state index contributed by atoms with van der Waals surface area (Å²) in [5.74, 6) is 0.444. The summed E-state index contributed by atoms with van der Waals surface area (Å²) in [4.78, 5) is 30.4. The van der Waals surface area contributed by atoms with Crippen LogP contribution in [0.15, 0.2) is 39.9 Å². The van der Waals surface area contributed by atoms with Crippen molar-refractivity contribution in [2.45, 2.75) is 13.8 Å². The Balaban J connectivity index is 0.000000921. The monoisotopic (exact) mass is 470 g/mol. The van der Waals surface area contributed by atoms with Gasteiger partial charge in [-0.15, -0.1) is 0 Å². The van der Waals surface area contributed by atoms with Gasteiger partial charge in [-0.25, -0.2) is 4.98 Å². The number of morpholine rings is 1. The second-order valence-corrected chi connectivity index (χ2v) is 6.37. The highest BCUT2D eigenvalue weighted by molar-refractivity contribution is 9.10. The van der Waals surface area contributed by atoms with Crippen LogP contribution in [-0.4, -0.2) is 52.9 Å². The van der Waals surface area contributed by atoms with E-state index in [0.29, 0.717) is 43.4 Å². The Labute approximate surface area is 179 Å². The number of halogens is 1. The number of anilines is 2. The molecule has 0 aliphatic carbocycles. The first kappa shape index (κ1) is 24.2. The molecule has 1 aliphatic rings. The summed E-state index contributed by atoms with van der Waals surface area (Å²) in [7, 11) is 1.68. The number of aromatic nitrogens is 2. The van der Waals surface area contributed by atoms with E-state index in [0.717, 1.165) is 4.47 Å². The zero-order chi connectivity index (χ0) is 21.1. The van der Waals surface area contributed by atoms with E-state index in [9.17, 15) is 9.59 Å². The molecule has 0 spiro atoms. The molecule has 3 rings (SSSR count). The van der Waals surface area contributed by atoms with E-state index in [1.165, 1.54) is 10.8 Å². The standard InChI is InChI=1S/C16H17BrN4O3.C2H6.CH4S/c1-20-10-12(17)8-13(16(20)23)19-14-3-2-11(9-18-14)15(22)21-4-6-24-7-5-21;2*1-2/h2-3,8-10H,4-7H2,1H3,(H,18,19);1-2H3;2H,1H3. The molecule has 1 saturated heterocycles. The molecular formula is C19H27BrN4O3S. The molecule has 7 nitrogen and oxygen atoms in total. The average molecular weight is 471 g/mol. The SMILES string of the molecule is CC.CS.Cn1cc(Br)cc(Nc2ccc(C(=O)N3CCOCC3)cn2)c1=O. The van der Waals surface area contributed by atoms with Crippen LogP contribution in [0, 0.1) is 0 Å². The molecule has 3 heterocycles. The second kappa shape index (κ2) is 12.6. The van der Waals surface area contributed by atoms with Crippen molar-refractivity contribution in [1.29, 1.82) is 0 Å². The third-order valence-electron chi connectivity index (χ3n) is 3.72. The van der Waals surface area contributed by atoms with Crippen molar-refractivity contribution in [3.8, 4) is 0 Å². The number of amides is 1. The van der Waals surface area contributed by atoms with Crippen LogP contribution in [0.1, 0.15) is 24.2 Å². The van der Waals surface area contributed by atoms with E-state index in [1.54, 1.807) is 42.6 Å². The number of carbonyl (C=O) groups excluding carboxylic acids is 1. The molecule has 2 aromatic rings. The Kier molecular flexibility index (Phi) is 10.9. The molecule has 1 fully saturated rings. The van der Waals surface area contributed by atoms with E-state index < -0.39 is 0 Å². The van der Waals surface area contributed by atoms with Crippen LogP contribution in [0.5, 0.6) is 0 Å². The van der Waals surface area contributed by atoms with Gasteiger partial charge in [0.2, 0.25) is 0 Å². The van der Waals surface area contributed by atoms with Gasteiger partial charge in [0.15, 0.2) is 0 Å². The lowest BCUT2D eigenvalue weighted by molar-refractivity contribution is 0.0302. The largest absolute Gasteiger partial charge is 0.378 e. The molecule has 9 heteroatoms. The molecule has 0 unspecified atom stereocenters. The number of hydrogen-bond acceptors (Lipinski definition) is 6. The van der Waals surface area contributed by atoms with E-state index in [4.69, 9.17) is 4.74 Å². The van der Waals surface area contributed by atoms with Crippen LogP contribution in [0.25, 0.3) is 0 Å². The van der Waals surface area contributed by atoms with Gasteiger partial charge >= 0.3 is 0 Å². The maximum atomic E-state index is 12.4. The maximum Gasteiger partial charge on any atom is 0.274 e. The van der Waals surface area contributed by atoms with Gasteiger partial charge < -0.3 is 19.5 Å². The van der Waals surface area contributed by atoms with Crippen LogP contribution in [-0.2, 0) is 11.8 Å². The molecule has 0 atom stereocenters. The normalized spacial score (nSPS) is 12.9. The third kappa shape index (κ3) is 6.65. The molecule has 2 aromatic heterocycles. The molecule has 0 radical (unpaired) electrons. The van der Waals surface area contributed by atoms with Gasteiger partial charge in [0.25, 0.3) is 11.5 Å². The highest BCUT2D eigenvalue weighted by Gasteiger charge is 2.18. The summed E-state index contributed by atoms with van der Waals surface area (Å²) >= 11 is 6.88. The lowest BCUT2D eigenvalue weighted by atomic mass is 10.2. The van der Waals surface area contributed by atoms with E-state index in [-0.39, 0.29) is 11.5 Å². The molecule has 28 heavy (non-hydrogen) atoms. The average Bonchev–Trinajstić information content (AvgIpc) is 2.75. The highest BCUT2D eigenvalue weighted by atomic mass is 79.9. The van der Waals surface area contributed by atoms with Crippen molar-refractivity contribution in [3.63, 3.8) is 0 Å². The Morgan fingerprint density at radius 3 is 2.46 bits per heavy atom. The predicted octanol–water partition coefficient (Wildman–Crippen LogP) is 3.33. The van der Waals surface area contributed by atoms with Gasteiger partial charge in [-0.3, -0.25) is 9.59 Å². The number of rotatable bonds is 3. The van der Waals surface area contributed by atoms with E-state index >= 15 is 0 Å². The molecular weight excluding hydrogens is 444 g/mol. The molecule has 1 N–H and O–H groups in total. The minimum Gasteiger partial charge on any atom is -0.378 e. The number of aryl methyl sites for hydroxylation is 1. The number of ether oxygens (including phenoxy) is 1. The number of nitrogens with one attached hydrogen (secondary N) is 1. The van der Waals surface area contributed by atoms with Gasteiger partial charge in [-0.1, -0.05) is 13.8 Å². The topological polar surface area (TPSA) is 76.5 Å². The number of thiol groups is 1. The summed E-state index contributed by atoms with van der Waals surface area (Å²) in [6, 6.07) is 5.08. The third-order valence-corrected chi connectivity index (χ3v) is 4.16. The second-order valence-electron chi connectivity index (χ2n) is 5.45. The van der Waals surface area contributed by atoms with Crippen molar-refractivity contribution >= 4 is 46.0 Å². The van der Waals surface area contributed by atoms with Crippen LogP contribution in [0.2, 0.25) is 0 Å². The Hall–Kier alpha value is -1.84. The predicted molar refractivity (Wildman–Crippen MR) is 120 cm³/mol. The van der Waals surface area contributed by atoms with E-state index in [1.807, 2.05) is 13.8 Å². The van der Waals surface area contributed by atoms with Gasteiger partial charge in [-0.05, 0) is 40.4 Å².